The molecule has 0 amide bonds. The summed E-state index contributed by atoms with van der Waals surface area (Å²) in [4.78, 5) is 33.8. The van der Waals surface area contributed by atoms with Crippen LogP contribution in [0.1, 0.15) is 48.0 Å². The zero-order valence-corrected chi connectivity index (χ0v) is 17.2. The van der Waals surface area contributed by atoms with Crippen molar-refractivity contribution in [2.75, 3.05) is 25.1 Å². The number of hydrogen-bond donors (Lipinski definition) is 2. The molecule has 9 heteroatoms. The monoisotopic (exact) mass is 425 g/mol. The van der Waals surface area contributed by atoms with Crippen LogP contribution in [0.3, 0.4) is 0 Å². The Balaban J connectivity index is 1.62. The van der Waals surface area contributed by atoms with E-state index in [9.17, 15) is 9.59 Å². The fraction of sp³-hybridized carbons (Fsp3) is 0.409. The molecule has 3 N–H and O–H groups in total. The fourth-order valence-corrected chi connectivity index (χ4v) is 4.60. The summed E-state index contributed by atoms with van der Waals surface area (Å²) >= 11 is 0. The van der Waals surface area contributed by atoms with Crippen molar-refractivity contribution >= 4 is 11.2 Å². The van der Waals surface area contributed by atoms with Crippen molar-refractivity contribution in [3.8, 4) is 5.75 Å². The Morgan fingerprint density at radius 3 is 2.77 bits per heavy atom. The number of rotatable bonds is 5. The predicted octanol–water partition coefficient (Wildman–Crippen LogP) is 1.86. The Morgan fingerprint density at radius 2 is 2.06 bits per heavy atom. The molecule has 0 bridgehead atoms. The van der Waals surface area contributed by atoms with Gasteiger partial charge in [-0.1, -0.05) is 6.07 Å². The predicted molar refractivity (Wildman–Crippen MR) is 114 cm³/mol. The number of pyridine rings is 2. The van der Waals surface area contributed by atoms with Crippen molar-refractivity contribution < 1.29 is 9.13 Å². The van der Waals surface area contributed by atoms with E-state index in [0.717, 1.165) is 41.2 Å². The quantitative estimate of drug-likeness (QED) is 0.646. The number of methoxy groups -OCH3 is 1. The number of fused-ring (bicyclic) bond motifs is 1. The maximum absolute atomic E-state index is 15.3. The highest BCUT2D eigenvalue weighted by Gasteiger charge is 2.34. The van der Waals surface area contributed by atoms with Gasteiger partial charge in [0.1, 0.15) is 11.2 Å². The molecule has 0 spiro atoms. The van der Waals surface area contributed by atoms with Gasteiger partial charge in [-0.3, -0.25) is 19.2 Å². The first-order chi connectivity index (χ1) is 15.0. The molecule has 2 aliphatic rings. The molecule has 2 fully saturated rings. The Hall–Kier alpha value is -3.20. The zero-order valence-electron chi connectivity index (χ0n) is 17.2. The highest BCUT2D eigenvalue weighted by Crippen LogP contribution is 2.45. The standard InChI is InChI=1S/C22H24FN5O3/c1-31-20-18(27-8-7-13(10-27)16-4-2-3-14(9-24)25-16)15(23)11-28-19(20)17(12-5-6-12)21(29)26-22(28)30/h2-4,11-13H,5-10,24H2,1H3,(H,26,29,30). The third kappa shape index (κ3) is 3.29. The van der Waals surface area contributed by atoms with E-state index in [1.807, 2.05) is 23.1 Å². The lowest BCUT2D eigenvalue weighted by Gasteiger charge is -2.24. The number of nitrogens with two attached hydrogens (primary N) is 1. The lowest BCUT2D eigenvalue weighted by Crippen LogP contribution is -2.30. The van der Waals surface area contributed by atoms with Gasteiger partial charge in [-0.2, -0.15) is 0 Å². The molecular formula is C22H24FN5O3. The van der Waals surface area contributed by atoms with Gasteiger partial charge in [0.05, 0.1) is 19.0 Å². The van der Waals surface area contributed by atoms with Crippen molar-refractivity contribution in [1.82, 2.24) is 14.4 Å². The number of nitrogens with zero attached hydrogens (tertiary/aromatic N) is 3. The van der Waals surface area contributed by atoms with Gasteiger partial charge in [0.15, 0.2) is 11.6 Å². The van der Waals surface area contributed by atoms with E-state index in [4.69, 9.17) is 10.5 Å². The van der Waals surface area contributed by atoms with Crippen LogP contribution in [0.2, 0.25) is 0 Å². The molecule has 31 heavy (non-hydrogen) atoms. The third-order valence-electron chi connectivity index (χ3n) is 6.23. The number of ether oxygens (including phenoxy) is 1. The van der Waals surface area contributed by atoms with Crippen LogP contribution in [0, 0.1) is 5.82 Å². The van der Waals surface area contributed by atoms with Gasteiger partial charge in [0.25, 0.3) is 5.56 Å². The summed E-state index contributed by atoms with van der Waals surface area (Å²) in [5.74, 6) is -0.156. The third-order valence-corrected chi connectivity index (χ3v) is 6.23. The van der Waals surface area contributed by atoms with Crippen LogP contribution >= 0.6 is 0 Å². The molecule has 1 aliphatic carbocycles. The molecular weight excluding hydrogens is 401 g/mol. The molecule has 1 unspecified atom stereocenters. The molecule has 1 saturated carbocycles. The fourth-order valence-electron chi connectivity index (χ4n) is 4.60. The van der Waals surface area contributed by atoms with Crippen LogP contribution in [0.25, 0.3) is 5.52 Å². The van der Waals surface area contributed by atoms with Gasteiger partial charge < -0.3 is 15.4 Å². The minimum Gasteiger partial charge on any atom is -0.492 e. The molecule has 5 rings (SSSR count). The number of halogens is 1. The van der Waals surface area contributed by atoms with Crippen molar-refractivity contribution in [1.29, 1.82) is 0 Å². The smallest absolute Gasteiger partial charge is 0.333 e. The van der Waals surface area contributed by atoms with Crippen LogP contribution in [0.4, 0.5) is 10.1 Å². The van der Waals surface area contributed by atoms with Gasteiger partial charge in [-0.25, -0.2) is 9.18 Å². The van der Waals surface area contributed by atoms with Gasteiger partial charge in [0.2, 0.25) is 0 Å². The summed E-state index contributed by atoms with van der Waals surface area (Å²) in [7, 11) is 1.44. The number of nitrogens with one attached hydrogen (secondary N) is 1. The molecule has 4 heterocycles. The Bertz CT molecular complexity index is 1280. The molecule has 1 atom stereocenters. The van der Waals surface area contributed by atoms with Crippen LogP contribution in [0.5, 0.6) is 5.75 Å². The normalized spacial score (nSPS) is 18.7. The van der Waals surface area contributed by atoms with E-state index >= 15 is 4.39 Å². The lowest BCUT2D eigenvalue weighted by atomic mass is 10.0. The number of hydrogen-bond acceptors (Lipinski definition) is 6. The SMILES string of the molecule is COc1c(N2CCC(c3cccc(CN)n3)C2)c(F)cn2c(=O)[nH]c(=O)c(C3CC3)c12. The summed E-state index contributed by atoms with van der Waals surface area (Å²) in [6, 6.07) is 5.79. The molecule has 0 radical (unpaired) electrons. The average Bonchev–Trinajstić information content (AvgIpc) is 3.48. The average molecular weight is 425 g/mol. The number of H-pyrrole nitrogens is 1. The van der Waals surface area contributed by atoms with Gasteiger partial charge in [-0.05, 0) is 37.3 Å². The number of aromatic nitrogens is 3. The maximum Gasteiger partial charge on any atom is 0.333 e. The van der Waals surface area contributed by atoms with E-state index in [-0.39, 0.29) is 23.3 Å². The second-order valence-corrected chi connectivity index (χ2v) is 8.21. The van der Waals surface area contributed by atoms with Crippen molar-refractivity contribution in [2.45, 2.75) is 37.6 Å². The van der Waals surface area contributed by atoms with E-state index in [2.05, 4.69) is 9.97 Å². The minimum atomic E-state index is -0.671. The van der Waals surface area contributed by atoms with E-state index in [0.29, 0.717) is 30.7 Å². The Morgan fingerprint density at radius 1 is 1.26 bits per heavy atom. The zero-order chi connectivity index (χ0) is 21.7. The van der Waals surface area contributed by atoms with E-state index < -0.39 is 17.1 Å². The molecule has 0 aromatic carbocycles. The summed E-state index contributed by atoms with van der Waals surface area (Å²) in [6.45, 7) is 1.52. The van der Waals surface area contributed by atoms with Crippen LogP contribution < -0.4 is 26.6 Å². The highest BCUT2D eigenvalue weighted by atomic mass is 19.1. The minimum absolute atomic E-state index is 0.0566. The van der Waals surface area contributed by atoms with Crippen molar-refractivity contribution in [3.63, 3.8) is 0 Å². The van der Waals surface area contributed by atoms with Gasteiger partial charge in [-0.15, -0.1) is 0 Å². The number of anilines is 1. The second kappa shape index (κ2) is 7.49. The first-order valence-electron chi connectivity index (χ1n) is 10.5. The molecule has 162 valence electrons. The Labute approximate surface area is 177 Å². The first kappa shape index (κ1) is 19.7. The maximum atomic E-state index is 15.3. The second-order valence-electron chi connectivity index (χ2n) is 8.21. The summed E-state index contributed by atoms with van der Waals surface area (Å²) in [6.07, 6.45) is 3.67. The van der Waals surface area contributed by atoms with Crippen LogP contribution in [-0.2, 0) is 6.54 Å². The summed E-state index contributed by atoms with van der Waals surface area (Å²) < 4.78 is 22.1. The van der Waals surface area contributed by atoms with Crippen LogP contribution in [-0.4, -0.2) is 34.6 Å². The summed E-state index contributed by atoms with van der Waals surface area (Å²) in [5.41, 5.74) is 7.51. The molecule has 1 aliphatic heterocycles. The first-order valence-corrected chi connectivity index (χ1v) is 10.5. The largest absolute Gasteiger partial charge is 0.492 e. The van der Waals surface area contributed by atoms with Gasteiger partial charge >= 0.3 is 5.69 Å². The summed E-state index contributed by atoms with van der Waals surface area (Å²) in [5, 5.41) is 0. The highest BCUT2D eigenvalue weighted by molar-refractivity contribution is 5.78. The van der Waals surface area contributed by atoms with Crippen molar-refractivity contribution in [3.05, 3.63) is 68.0 Å². The molecule has 8 nitrogen and oxygen atoms in total. The Kier molecular flexibility index (Phi) is 4.77. The van der Waals surface area contributed by atoms with Crippen LogP contribution in [0.15, 0.2) is 34.0 Å². The van der Waals surface area contributed by atoms with Gasteiger partial charge in [0, 0.05) is 36.8 Å². The lowest BCUT2D eigenvalue weighted by molar-refractivity contribution is 0.412. The molecule has 3 aromatic heterocycles. The van der Waals surface area contributed by atoms with E-state index in [1.54, 1.807) is 0 Å². The van der Waals surface area contributed by atoms with E-state index in [1.165, 1.54) is 7.11 Å². The number of aromatic amines is 1. The van der Waals surface area contributed by atoms with Crippen molar-refractivity contribution in [2.24, 2.45) is 5.73 Å². The molecule has 3 aromatic rings. The topological polar surface area (TPSA) is 106 Å². The molecule has 1 saturated heterocycles.